The summed E-state index contributed by atoms with van der Waals surface area (Å²) in [6.07, 6.45) is 3.22. The molecule has 0 radical (unpaired) electrons. The van der Waals surface area contributed by atoms with Crippen LogP contribution in [-0.4, -0.2) is 74.2 Å². The maximum Gasteiger partial charge on any atom is 0.255 e. The lowest BCUT2D eigenvalue weighted by Gasteiger charge is -2.46. The summed E-state index contributed by atoms with van der Waals surface area (Å²) in [5, 5.41) is 0.291. The summed E-state index contributed by atoms with van der Waals surface area (Å²) in [6, 6.07) is 4.76. The van der Waals surface area contributed by atoms with Gasteiger partial charge in [-0.15, -0.1) is 0 Å². The lowest BCUT2D eigenvalue weighted by molar-refractivity contribution is 0.0317. The van der Waals surface area contributed by atoms with E-state index in [1.807, 2.05) is 18.7 Å². The molecule has 0 aromatic heterocycles. The standard InChI is InChI=1S/C20H30ClN3O3S/c1-14(2)23(4)28(26,27)16-7-8-18(21)17(12-16)20(25)24-11-9-19-15(13-24)6-5-10-22(19)3/h7-8,12,14-15,19H,5-6,9-11,13H2,1-4H3/t15-,19+/m1/s1. The quantitative estimate of drug-likeness (QED) is 0.741. The maximum atomic E-state index is 13.2. The summed E-state index contributed by atoms with van der Waals surface area (Å²) in [5.74, 6) is 0.287. The number of amides is 1. The molecule has 1 amide bonds. The van der Waals surface area contributed by atoms with Crippen LogP contribution in [0.4, 0.5) is 0 Å². The van der Waals surface area contributed by atoms with Crippen molar-refractivity contribution in [3.8, 4) is 0 Å². The molecule has 3 rings (SSSR count). The molecule has 8 heteroatoms. The lowest BCUT2D eigenvalue weighted by atomic mass is 9.84. The summed E-state index contributed by atoms with van der Waals surface area (Å²) in [6.45, 7) is 6.11. The summed E-state index contributed by atoms with van der Waals surface area (Å²) < 4.78 is 26.9. The molecule has 0 spiro atoms. The van der Waals surface area contributed by atoms with Gasteiger partial charge in [-0.2, -0.15) is 4.31 Å². The van der Waals surface area contributed by atoms with Crippen LogP contribution in [0, 0.1) is 5.92 Å². The van der Waals surface area contributed by atoms with Crippen LogP contribution in [0.2, 0.25) is 5.02 Å². The fraction of sp³-hybridized carbons (Fsp3) is 0.650. The average Bonchev–Trinajstić information content (AvgIpc) is 2.66. The number of likely N-dealkylation sites (tertiary alicyclic amines) is 2. The van der Waals surface area contributed by atoms with Gasteiger partial charge in [-0.25, -0.2) is 8.42 Å². The highest BCUT2D eigenvalue weighted by Gasteiger charge is 2.36. The molecule has 0 saturated carbocycles. The molecule has 2 heterocycles. The molecule has 1 aromatic rings. The van der Waals surface area contributed by atoms with Crippen molar-refractivity contribution in [3.05, 3.63) is 28.8 Å². The molecule has 28 heavy (non-hydrogen) atoms. The molecule has 156 valence electrons. The Morgan fingerprint density at radius 2 is 1.96 bits per heavy atom. The van der Waals surface area contributed by atoms with E-state index in [-0.39, 0.29) is 22.4 Å². The molecule has 2 aliphatic rings. The van der Waals surface area contributed by atoms with E-state index in [1.54, 1.807) is 7.05 Å². The molecule has 0 N–H and O–H groups in total. The predicted molar refractivity (Wildman–Crippen MR) is 111 cm³/mol. The molecular weight excluding hydrogens is 398 g/mol. The third kappa shape index (κ3) is 4.08. The third-order valence-electron chi connectivity index (χ3n) is 6.21. The minimum absolute atomic E-state index is 0.101. The molecule has 0 unspecified atom stereocenters. The Balaban J connectivity index is 1.84. The van der Waals surface area contributed by atoms with E-state index in [0.29, 0.717) is 30.1 Å². The molecule has 2 atom stereocenters. The van der Waals surface area contributed by atoms with E-state index < -0.39 is 10.0 Å². The Labute approximate surface area is 173 Å². The maximum absolute atomic E-state index is 13.2. The highest BCUT2D eigenvalue weighted by Crippen LogP contribution is 2.31. The van der Waals surface area contributed by atoms with E-state index in [9.17, 15) is 13.2 Å². The third-order valence-corrected chi connectivity index (χ3v) is 8.56. The van der Waals surface area contributed by atoms with Crippen molar-refractivity contribution < 1.29 is 13.2 Å². The van der Waals surface area contributed by atoms with Gasteiger partial charge in [0.05, 0.1) is 15.5 Å². The summed E-state index contributed by atoms with van der Waals surface area (Å²) in [7, 11) is 0.0288. The van der Waals surface area contributed by atoms with Gasteiger partial charge in [0.2, 0.25) is 10.0 Å². The molecule has 2 fully saturated rings. The van der Waals surface area contributed by atoms with Gasteiger partial charge in [0.25, 0.3) is 5.91 Å². The Bertz CT molecular complexity index is 843. The van der Waals surface area contributed by atoms with Crippen LogP contribution >= 0.6 is 11.6 Å². The van der Waals surface area contributed by atoms with Crippen molar-refractivity contribution in [2.45, 2.75) is 50.1 Å². The first-order chi connectivity index (χ1) is 13.1. The Morgan fingerprint density at radius 3 is 2.64 bits per heavy atom. The Morgan fingerprint density at radius 1 is 1.25 bits per heavy atom. The molecule has 1 aromatic carbocycles. The van der Waals surface area contributed by atoms with Gasteiger partial charge < -0.3 is 9.80 Å². The van der Waals surface area contributed by atoms with Crippen LogP contribution in [-0.2, 0) is 10.0 Å². The zero-order valence-corrected chi connectivity index (χ0v) is 18.6. The Kier molecular flexibility index (Phi) is 6.39. The van der Waals surface area contributed by atoms with Gasteiger partial charge >= 0.3 is 0 Å². The van der Waals surface area contributed by atoms with Crippen LogP contribution < -0.4 is 0 Å². The van der Waals surface area contributed by atoms with Crippen LogP contribution in [0.3, 0.4) is 0 Å². The number of piperidine rings is 2. The largest absolute Gasteiger partial charge is 0.338 e. The SMILES string of the molecule is CC(C)N(C)S(=O)(=O)c1ccc(Cl)c(C(=O)N2CC[C@H]3[C@H](CCCN3C)C2)c1. The van der Waals surface area contributed by atoms with Crippen LogP contribution in [0.1, 0.15) is 43.5 Å². The van der Waals surface area contributed by atoms with Crippen molar-refractivity contribution >= 4 is 27.5 Å². The predicted octanol–water partition coefficient (Wildman–Crippen LogP) is 2.93. The highest BCUT2D eigenvalue weighted by molar-refractivity contribution is 7.89. The van der Waals surface area contributed by atoms with E-state index in [1.165, 1.54) is 22.5 Å². The van der Waals surface area contributed by atoms with Gasteiger partial charge in [0.1, 0.15) is 0 Å². The number of carbonyl (C=O) groups is 1. The fourth-order valence-electron chi connectivity index (χ4n) is 4.28. The molecule has 2 saturated heterocycles. The lowest BCUT2D eigenvalue weighted by Crippen LogP contribution is -2.53. The number of sulfonamides is 1. The zero-order valence-electron chi connectivity index (χ0n) is 17.1. The number of rotatable bonds is 4. The number of hydrogen-bond acceptors (Lipinski definition) is 4. The van der Waals surface area contributed by atoms with E-state index >= 15 is 0 Å². The topological polar surface area (TPSA) is 60.9 Å². The summed E-state index contributed by atoms with van der Waals surface area (Å²) >= 11 is 6.30. The molecular formula is C20H30ClN3O3S. The number of fused-ring (bicyclic) bond motifs is 1. The number of carbonyl (C=O) groups excluding carboxylic acids is 1. The second-order valence-electron chi connectivity index (χ2n) is 8.25. The van der Waals surface area contributed by atoms with Crippen LogP contribution in [0.15, 0.2) is 23.1 Å². The minimum atomic E-state index is -3.67. The molecule has 2 aliphatic heterocycles. The molecule has 0 bridgehead atoms. The van der Waals surface area contributed by atoms with Gasteiger partial charge in [0.15, 0.2) is 0 Å². The zero-order chi connectivity index (χ0) is 20.6. The molecule has 6 nitrogen and oxygen atoms in total. The van der Waals surface area contributed by atoms with Gasteiger partial charge in [-0.3, -0.25) is 4.79 Å². The van der Waals surface area contributed by atoms with E-state index in [2.05, 4.69) is 11.9 Å². The first kappa shape index (κ1) is 21.6. The van der Waals surface area contributed by atoms with E-state index in [4.69, 9.17) is 11.6 Å². The van der Waals surface area contributed by atoms with Gasteiger partial charge in [-0.1, -0.05) is 11.6 Å². The number of benzene rings is 1. The molecule has 0 aliphatic carbocycles. The number of nitrogens with zero attached hydrogens (tertiary/aromatic N) is 3. The smallest absolute Gasteiger partial charge is 0.255 e. The van der Waals surface area contributed by atoms with Gasteiger partial charge in [-0.05, 0) is 70.8 Å². The van der Waals surface area contributed by atoms with E-state index in [0.717, 1.165) is 25.8 Å². The summed E-state index contributed by atoms with van der Waals surface area (Å²) in [5.41, 5.74) is 0.266. The fourth-order valence-corrected chi connectivity index (χ4v) is 5.87. The average molecular weight is 428 g/mol. The second-order valence-corrected chi connectivity index (χ2v) is 10.7. The number of hydrogen-bond donors (Lipinski definition) is 0. The van der Waals surface area contributed by atoms with Crippen molar-refractivity contribution in [2.24, 2.45) is 5.92 Å². The van der Waals surface area contributed by atoms with Crippen LogP contribution in [0.5, 0.6) is 0 Å². The van der Waals surface area contributed by atoms with Gasteiger partial charge in [0, 0.05) is 32.2 Å². The highest BCUT2D eigenvalue weighted by atomic mass is 35.5. The first-order valence-electron chi connectivity index (χ1n) is 9.90. The number of halogens is 1. The van der Waals surface area contributed by atoms with Crippen molar-refractivity contribution in [1.29, 1.82) is 0 Å². The first-order valence-corrected chi connectivity index (χ1v) is 11.7. The van der Waals surface area contributed by atoms with Crippen molar-refractivity contribution in [2.75, 3.05) is 33.7 Å². The second kappa shape index (κ2) is 8.30. The minimum Gasteiger partial charge on any atom is -0.338 e. The normalized spacial score (nSPS) is 23.9. The monoisotopic (exact) mass is 427 g/mol. The Hall–Kier alpha value is -1.15. The van der Waals surface area contributed by atoms with Crippen molar-refractivity contribution in [3.63, 3.8) is 0 Å². The van der Waals surface area contributed by atoms with Crippen LogP contribution in [0.25, 0.3) is 0 Å². The summed E-state index contributed by atoms with van der Waals surface area (Å²) in [4.78, 5) is 17.5. The van der Waals surface area contributed by atoms with Crippen molar-refractivity contribution in [1.82, 2.24) is 14.1 Å².